The third-order valence-corrected chi connectivity index (χ3v) is 3.68. The van der Waals surface area contributed by atoms with Crippen molar-refractivity contribution >= 4 is 28.6 Å². The zero-order valence-corrected chi connectivity index (χ0v) is 11.9. The lowest BCUT2D eigenvalue weighted by molar-refractivity contribution is -0.130. The van der Waals surface area contributed by atoms with Gasteiger partial charge in [0.15, 0.2) is 0 Å². The van der Waals surface area contributed by atoms with Gasteiger partial charge in [0.2, 0.25) is 0 Å². The third kappa shape index (κ3) is 2.87. The molecule has 0 aliphatic carbocycles. The molecule has 2 aromatic rings. The van der Waals surface area contributed by atoms with Crippen molar-refractivity contribution in [3.63, 3.8) is 0 Å². The molecule has 21 heavy (non-hydrogen) atoms. The molecule has 1 unspecified atom stereocenters. The van der Waals surface area contributed by atoms with Crippen LogP contribution < -0.4 is 0 Å². The van der Waals surface area contributed by atoms with Gasteiger partial charge in [0.25, 0.3) is 0 Å². The number of aromatic nitrogens is 2. The fourth-order valence-corrected chi connectivity index (χ4v) is 2.52. The monoisotopic (exact) mass is 304 g/mol. The summed E-state index contributed by atoms with van der Waals surface area (Å²) in [6.07, 6.45) is 1.22. The van der Waals surface area contributed by atoms with Gasteiger partial charge in [-0.25, -0.2) is 9.78 Å². The van der Waals surface area contributed by atoms with Crippen LogP contribution in [0, 0.1) is 11.8 Å². The average Bonchev–Trinajstić information content (AvgIpc) is 2.77. The van der Waals surface area contributed by atoms with E-state index in [1.165, 1.54) is 0 Å². The van der Waals surface area contributed by atoms with Crippen molar-refractivity contribution in [2.24, 2.45) is 0 Å². The summed E-state index contributed by atoms with van der Waals surface area (Å²) < 4.78 is 7.49. The number of halogens is 1. The Kier molecular flexibility index (Phi) is 3.82. The van der Waals surface area contributed by atoms with Crippen LogP contribution >= 0.6 is 11.6 Å². The molecule has 1 fully saturated rings. The number of carboxylic acid groups (broad SMARTS) is 1. The molecule has 3 rings (SSSR count). The van der Waals surface area contributed by atoms with Crippen LogP contribution in [-0.2, 0) is 22.0 Å². The van der Waals surface area contributed by atoms with Crippen LogP contribution in [0.4, 0.5) is 0 Å². The maximum atomic E-state index is 10.5. The molecule has 1 aromatic heterocycles. The van der Waals surface area contributed by atoms with Gasteiger partial charge in [0.05, 0.1) is 29.6 Å². The number of hydrogen-bond donors (Lipinski definition) is 1. The van der Waals surface area contributed by atoms with E-state index in [1.807, 2.05) is 16.7 Å². The number of carboxylic acids is 1. The first kappa shape index (κ1) is 13.9. The minimum absolute atomic E-state index is 0.193. The van der Waals surface area contributed by atoms with Crippen molar-refractivity contribution in [1.82, 2.24) is 9.55 Å². The number of nitrogens with zero attached hydrogens (tertiary/aromatic N) is 2. The SMILES string of the molecule is O=C(O)C#Cc1ccc2nc(CCl)n(CC3CCO3)c2c1. The van der Waals surface area contributed by atoms with Gasteiger partial charge in [0.1, 0.15) is 5.82 Å². The number of alkyl halides is 1. The molecule has 6 heteroatoms. The van der Waals surface area contributed by atoms with Gasteiger partial charge in [-0.3, -0.25) is 0 Å². The second kappa shape index (κ2) is 5.76. The van der Waals surface area contributed by atoms with Gasteiger partial charge < -0.3 is 14.4 Å². The molecule has 1 aliphatic heterocycles. The first-order valence-electron chi connectivity index (χ1n) is 6.59. The molecule has 2 heterocycles. The summed E-state index contributed by atoms with van der Waals surface area (Å²) in [4.78, 5) is 15.0. The maximum absolute atomic E-state index is 10.5. The molecule has 1 aromatic carbocycles. The Hall–Kier alpha value is -2.03. The standard InChI is InChI=1S/C15H13ClN2O3/c16-8-14-17-12-3-1-10(2-4-15(19)20)7-13(12)18(14)9-11-5-6-21-11/h1,3,7,11H,5-6,8-9H2,(H,19,20). The summed E-state index contributed by atoms with van der Waals surface area (Å²) in [5, 5.41) is 8.62. The Balaban J connectivity index is 2.03. The number of ether oxygens (including phenoxy) is 1. The van der Waals surface area contributed by atoms with Crippen LogP contribution in [0.15, 0.2) is 18.2 Å². The fourth-order valence-electron chi connectivity index (χ4n) is 2.31. The molecule has 0 amide bonds. The fraction of sp³-hybridized carbons (Fsp3) is 0.333. The molecule has 5 nitrogen and oxygen atoms in total. The molecule has 108 valence electrons. The van der Waals surface area contributed by atoms with E-state index in [0.29, 0.717) is 18.0 Å². The average molecular weight is 305 g/mol. The first-order valence-corrected chi connectivity index (χ1v) is 7.12. The number of hydrogen-bond acceptors (Lipinski definition) is 3. The van der Waals surface area contributed by atoms with Crippen molar-refractivity contribution in [3.05, 3.63) is 29.6 Å². The van der Waals surface area contributed by atoms with Crippen molar-refractivity contribution in [1.29, 1.82) is 0 Å². The van der Waals surface area contributed by atoms with Crippen molar-refractivity contribution in [2.75, 3.05) is 6.61 Å². The minimum atomic E-state index is -1.15. The largest absolute Gasteiger partial charge is 0.472 e. The van der Waals surface area contributed by atoms with E-state index in [1.54, 1.807) is 6.07 Å². The highest BCUT2D eigenvalue weighted by Gasteiger charge is 2.21. The number of fused-ring (bicyclic) bond motifs is 1. The van der Waals surface area contributed by atoms with E-state index in [4.69, 9.17) is 21.4 Å². The zero-order valence-electron chi connectivity index (χ0n) is 11.2. The number of benzene rings is 1. The van der Waals surface area contributed by atoms with E-state index in [-0.39, 0.29) is 6.10 Å². The predicted octanol–water partition coefficient (Wildman–Crippen LogP) is 2.00. The summed E-state index contributed by atoms with van der Waals surface area (Å²) in [6, 6.07) is 5.43. The zero-order chi connectivity index (χ0) is 14.8. The Labute approximate surface area is 126 Å². The van der Waals surface area contributed by atoms with Crippen LogP contribution in [0.25, 0.3) is 11.0 Å². The highest BCUT2D eigenvalue weighted by Crippen LogP contribution is 2.22. The van der Waals surface area contributed by atoms with Crippen molar-refractivity contribution in [2.45, 2.75) is 24.9 Å². The molecule has 0 saturated carbocycles. The quantitative estimate of drug-likeness (QED) is 0.696. The lowest BCUT2D eigenvalue weighted by Gasteiger charge is -2.27. The van der Waals surface area contributed by atoms with E-state index in [0.717, 1.165) is 29.9 Å². The number of imidazole rings is 1. The van der Waals surface area contributed by atoms with E-state index in [2.05, 4.69) is 16.8 Å². The van der Waals surface area contributed by atoms with E-state index >= 15 is 0 Å². The van der Waals surface area contributed by atoms with Gasteiger partial charge in [-0.1, -0.05) is 5.92 Å². The maximum Gasteiger partial charge on any atom is 0.382 e. The molecular formula is C15H13ClN2O3. The van der Waals surface area contributed by atoms with Crippen LogP contribution in [0.5, 0.6) is 0 Å². The van der Waals surface area contributed by atoms with Crippen LogP contribution in [0.1, 0.15) is 17.8 Å². The van der Waals surface area contributed by atoms with Gasteiger partial charge in [-0.05, 0) is 24.6 Å². The Bertz CT molecular complexity index is 753. The summed E-state index contributed by atoms with van der Waals surface area (Å²) in [7, 11) is 0. The highest BCUT2D eigenvalue weighted by atomic mass is 35.5. The molecule has 1 aliphatic rings. The first-order chi connectivity index (χ1) is 10.2. The summed E-state index contributed by atoms with van der Waals surface area (Å²) in [6.45, 7) is 1.50. The molecular weight excluding hydrogens is 292 g/mol. The van der Waals surface area contributed by atoms with Crippen LogP contribution in [-0.4, -0.2) is 33.3 Å². The number of carbonyl (C=O) groups is 1. The third-order valence-electron chi connectivity index (χ3n) is 3.44. The smallest absolute Gasteiger partial charge is 0.382 e. The Morgan fingerprint density at radius 3 is 3.00 bits per heavy atom. The molecule has 0 spiro atoms. The summed E-state index contributed by atoms with van der Waals surface area (Å²) in [5.74, 6) is 4.69. The lowest BCUT2D eigenvalue weighted by atomic mass is 10.1. The van der Waals surface area contributed by atoms with Gasteiger partial charge in [-0.2, -0.15) is 0 Å². The molecule has 0 bridgehead atoms. The number of aliphatic carboxylic acids is 1. The van der Waals surface area contributed by atoms with Gasteiger partial charge in [-0.15, -0.1) is 11.6 Å². The minimum Gasteiger partial charge on any atom is -0.472 e. The summed E-state index contributed by atoms with van der Waals surface area (Å²) >= 11 is 5.96. The van der Waals surface area contributed by atoms with Gasteiger partial charge in [0, 0.05) is 18.1 Å². The van der Waals surface area contributed by atoms with E-state index < -0.39 is 5.97 Å². The Morgan fingerprint density at radius 2 is 2.38 bits per heavy atom. The second-order valence-electron chi connectivity index (χ2n) is 4.81. The normalized spacial score (nSPS) is 17.1. The second-order valence-corrected chi connectivity index (χ2v) is 5.08. The van der Waals surface area contributed by atoms with Crippen molar-refractivity contribution in [3.8, 4) is 11.8 Å². The van der Waals surface area contributed by atoms with Crippen LogP contribution in [0.2, 0.25) is 0 Å². The van der Waals surface area contributed by atoms with Crippen LogP contribution in [0.3, 0.4) is 0 Å². The predicted molar refractivity (Wildman–Crippen MR) is 78.2 cm³/mol. The highest BCUT2D eigenvalue weighted by molar-refractivity contribution is 6.16. The topological polar surface area (TPSA) is 64.3 Å². The lowest BCUT2D eigenvalue weighted by Crippen LogP contribution is -2.31. The number of rotatable bonds is 3. The molecule has 1 N–H and O–H groups in total. The molecule has 1 saturated heterocycles. The van der Waals surface area contributed by atoms with Crippen molar-refractivity contribution < 1.29 is 14.6 Å². The Morgan fingerprint density at radius 1 is 1.57 bits per heavy atom. The van der Waals surface area contributed by atoms with E-state index in [9.17, 15) is 4.79 Å². The molecule has 0 radical (unpaired) electrons. The van der Waals surface area contributed by atoms with Gasteiger partial charge >= 0.3 is 5.97 Å². The molecule has 1 atom stereocenters. The summed E-state index contributed by atoms with van der Waals surface area (Å²) in [5.41, 5.74) is 2.37.